The molecular formula is C11H14N4O3S. The minimum atomic E-state index is -3.48. The third kappa shape index (κ3) is 2.41. The van der Waals surface area contributed by atoms with Crippen molar-refractivity contribution in [3.63, 3.8) is 0 Å². The Labute approximate surface area is 110 Å². The predicted molar refractivity (Wildman–Crippen MR) is 65.8 cm³/mol. The predicted octanol–water partition coefficient (Wildman–Crippen LogP) is 0.704. The molecule has 0 spiro atoms. The van der Waals surface area contributed by atoms with Gasteiger partial charge in [-0.1, -0.05) is 5.21 Å². The molecule has 1 aliphatic heterocycles. The molecule has 0 unspecified atom stereocenters. The molecule has 0 aliphatic carbocycles. The zero-order valence-corrected chi connectivity index (χ0v) is 11.1. The van der Waals surface area contributed by atoms with Crippen LogP contribution in [0.5, 0.6) is 0 Å². The monoisotopic (exact) mass is 282 g/mol. The molecule has 8 heteroatoms. The largest absolute Gasteiger partial charge is 0.446 e. The molecule has 7 nitrogen and oxygen atoms in total. The number of hydrogen-bond donors (Lipinski definition) is 0. The Kier molecular flexibility index (Phi) is 3.11. The summed E-state index contributed by atoms with van der Waals surface area (Å²) >= 11 is 0. The van der Waals surface area contributed by atoms with E-state index in [4.69, 9.17) is 4.42 Å². The Morgan fingerprint density at radius 2 is 2.05 bits per heavy atom. The zero-order valence-electron chi connectivity index (χ0n) is 10.3. The van der Waals surface area contributed by atoms with Crippen LogP contribution in [0.15, 0.2) is 34.0 Å². The number of hydrogen-bond acceptors (Lipinski definition) is 5. The van der Waals surface area contributed by atoms with Gasteiger partial charge in [-0.3, -0.25) is 0 Å². The van der Waals surface area contributed by atoms with Crippen molar-refractivity contribution in [1.82, 2.24) is 19.3 Å². The van der Waals surface area contributed by atoms with E-state index in [1.165, 1.54) is 10.4 Å². The highest BCUT2D eigenvalue weighted by Crippen LogP contribution is 2.22. The standard InChI is InChI=1S/C11H14N4O3S/c16-19(17,15-6-1-2-7-15)11-4-3-10(18-11)9-14-8-5-12-13-14/h3-5,8H,1-2,6-7,9H2. The normalized spacial score (nSPS) is 17.1. The molecule has 3 heterocycles. The first-order chi connectivity index (χ1) is 9.16. The second-order valence-electron chi connectivity index (χ2n) is 4.43. The second-order valence-corrected chi connectivity index (χ2v) is 6.30. The molecule has 102 valence electrons. The van der Waals surface area contributed by atoms with Crippen LogP contribution in [0.3, 0.4) is 0 Å². The lowest BCUT2D eigenvalue weighted by Gasteiger charge is -2.12. The van der Waals surface area contributed by atoms with E-state index in [0.29, 0.717) is 25.4 Å². The number of rotatable bonds is 4. The SMILES string of the molecule is O=S(=O)(c1ccc(Cn2ccnn2)o1)N1CCCC1. The molecule has 0 atom stereocenters. The Morgan fingerprint density at radius 1 is 1.26 bits per heavy atom. The smallest absolute Gasteiger partial charge is 0.276 e. The lowest BCUT2D eigenvalue weighted by Crippen LogP contribution is -2.27. The van der Waals surface area contributed by atoms with Crippen LogP contribution in [-0.2, 0) is 16.6 Å². The summed E-state index contributed by atoms with van der Waals surface area (Å²) in [6.07, 6.45) is 5.07. The number of aromatic nitrogens is 3. The summed E-state index contributed by atoms with van der Waals surface area (Å²) in [5.74, 6) is 0.545. The van der Waals surface area contributed by atoms with Gasteiger partial charge in [0, 0.05) is 19.3 Å². The Balaban J connectivity index is 1.80. The summed E-state index contributed by atoms with van der Waals surface area (Å²) in [6.45, 7) is 1.51. The topological polar surface area (TPSA) is 81.2 Å². The first-order valence-electron chi connectivity index (χ1n) is 6.09. The van der Waals surface area contributed by atoms with Gasteiger partial charge in [-0.15, -0.1) is 5.10 Å². The Morgan fingerprint density at radius 3 is 2.74 bits per heavy atom. The molecular weight excluding hydrogens is 268 g/mol. The fraction of sp³-hybridized carbons (Fsp3) is 0.455. The molecule has 0 N–H and O–H groups in total. The lowest BCUT2D eigenvalue weighted by molar-refractivity contribution is 0.379. The summed E-state index contributed by atoms with van der Waals surface area (Å²) < 4.78 is 32.9. The summed E-state index contributed by atoms with van der Waals surface area (Å²) in [6, 6.07) is 3.16. The van der Waals surface area contributed by atoms with Crippen LogP contribution in [0, 0.1) is 0 Å². The van der Waals surface area contributed by atoms with Gasteiger partial charge >= 0.3 is 0 Å². The van der Waals surface area contributed by atoms with Gasteiger partial charge in [-0.25, -0.2) is 13.1 Å². The third-order valence-corrected chi connectivity index (χ3v) is 4.86. The molecule has 1 saturated heterocycles. The van der Waals surface area contributed by atoms with Gasteiger partial charge in [0.15, 0.2) is 0 Å². The summed E-state index contributed by atoms with van der Waals surface area (Å²) in [5, 5.41) is 7.49. The van der Waals surface area contributed by atoms with Crippen LogP contribution in [0.2, 0.25) is 0 Å². The van der Waals surface area contributed by atoms with E-state index in [0.717, 1.165) is 12.8 Å². The maximum absolute atomic E-state index is 12.2. The number of furan rings is 1. The molecule has 2 aromatic heterocycles. The van der Waals surface area contributed by atoms with Crippen molar-refractivity contribution in [1.29, 1.82) is 0 Å². The van der Waals surface area contributed by atoms with E-state index in [2.05, 4.69) is 10.3 Å². The molecule has 0 bridgehead atoms. The minimum absolute atomic E-state index is 0.00418. The van der Waals surface area contributed by atoms with Gasteiger partial charge in [0.05, 0.1) is 6.20 Å². The molecule has 0 aromatic carbocycles. The highest BCUT2D eigenvalue weighted by atomic mass is 32.2. The van der Waals surface area contributed by atoms with Gasteiger partial charge < -0.3 is 4.42 Å². The molecule has 1 fully saturated rings. The number of sulfonamides is 1. The van der Waals surface area contributed by atoms with E-state index in [9.17, 15) is 8.42 Å². The number of nitrogens with zero attached hydrogens (tertiary/aromatic N) is 4. The maximum Gasteiger partial charge on any atom is 0.276 e. The van der Waals surface area contributed by atoms with Crippen LogP contribution < -0.4 is 0 Å². The Hall–Kier alpha value is -1.67. The van der Waals surface area contributed by atoms with Gasteiger partial charge in [-0.2, -0.15) is 4.31 Å². The molecule has 3 rings (SSSR count). The molecule has 19 heavy (non-hydrogen) atoms. The summed E-state index contributed by atoms with van der Waals surface area (Å²) in [4.78, 5) is 0. The van der Waals surface area contributed by atoms with Crippen LogP contribution in [0.4, 0.5) is 0 Å². The van der Waals surface area contributed by atoms with Gasteiger partial charge in [-0.05, 0) is 25.0 Å². The Bertz CT molecular complexity index is 641. The molecule has 0 amide bonds. The van der Waals surface area contributed by atoms with Crippen molar-refractivity contribution in [2.45, 2.75) is 24.5 Å². The first-order valence-corrected chi connectivity index (χ1v) is 7.53. The van der Waals surface area contributed by atoms with E-state index in [-0.39, 0.29) is 5.09 Å². The molecule has 0 radical (unpaired) electrons. The van der Waals surface area contributed by atoms with Gasteiger partial charge in [0.25, 0.3) is 10.0 Å². The van der Waals surface area contributed by atoms with Crippen LogP contribution in [0.25, 0.3) is 0 Å². The first kappa shape index (κ1) is 12.4. The minimum Gasteiger partial charge on any atom is -0.446 e. The van der Waals surface area contributed by atoms with Crippen molar-refractivity contribution >= 4 is 10.0 Å². The van der Waals surface area contributed by atoms with Crippen LogP contribution in [0.1, 0.15) is 18.6 Å². The third-order valence-electron chi connectivity index (χ3n) is 3.09. The second kappa shape index (κ2) is 4.78. The van der Waals surface area contributed by atoms with Crippen molar-refractivity contribution in [2.24, 2.45) is 0 Å². The van der Waals surface area contributed by atoms with Crippen LogP contribution in [-0.4, -0.2) is 40.8 Å². The van der Waals surface area contributed by atoms with Crippen molar-refractivity contribution < 1.29 is 12.8 Å². The summed E-state index contributed by atoms with van der Waals surface area (Å²) in [7, 11) is -3.48. The molecule has 1 aliphatic rings. The van der Waals surface area contributed by atoms with E-state index in [1.54, 1.807) is 23.1 Å². The fourth-order valence-corrected chi connectivity index (χ4v) is 3.56. The highest BCUT2D eigenvalue weighted by molar-refractivity contribution is 7.89. The van der Waals surface area contributed by atoms with Crippen molar-refractivity contribution in [3.8, 4) is 0 Å². The average Bonchev–Trinajstić information content (AvgIpc) is 3.12. The quantitative estimate of drug-likeness (QED) is 0.824. The molecule has 0 saturated carbocycles. The average molecular weight is 282 g/mol. The van der Waals surface area contributed by atoms with Gasteiger partial charge in [0.1, 0.15) is 12.3 Å². The van der Waals surface area contributed by atoms with Gasteiger partial charge in [0.2, 0.25) is 5.09 Å². The van der Waals surface area contributed by atoms with E-state index in [1.807, 2.05) is 0 Å². The van der Waals surface area contributed by atoms with Crippen molar-refractivity contribution in [3.05, 3.63) is 30.3 Å². The van der Waals surface area contributed by atoms with Crippen LogP contribution >= 0.6 is 0 Å². The van der Waals surface area contributed by atoms with Crippen molar-refractivity contribution in [2.75, 3.05) is 13.1 Å². The highest BCUT2D eigenvalue weighted by Gasteiger charge is 2.29. The summed E-state index contributed by atoms with van der Waals surface area (Å²) in [5.41, 5.74) is 0. The fourth-order valence-electron chi connectivity index (χ4n) is 2.11. The lowest BCUT2D eigenvalue weighted by atomic mass is 10.4. The molecule has 2 aromatic rings. The van der Waals surface area contributed by atoms with E-state index < -0.39 is 10.0 Å². The van der Waals surface area contributed by atoms with E-state index >= 15 is 0 Å². The zero-order chi connectivity index (χ0) is 13.3. The maximum atomic E-state index is 12.2.